The topological polar surface area (TPSA) is 12.0 Å². The average Bonchev–Trinajstić information content (AvgIpc) is 2.26. The van der Waals surface area contributed by atoms with Crippen LogP contribution >= 0.6 is 0 Å². The van der Waals surface area contributed by atoms with Gasteiger partial charge in [0.2, 0.25) is 0 Å². The van der Waals surface area contributed by atoms with E-state index >= 15 is 0 Å². The van der Waals surface area contributed by atoms with Gasteiger partial charge >= 0.3 is 0 Å². The summed E-state index contributed by atoms with van der Waals surface area (Å²) >= 11 is 0. The van der Waals surface area contributed by atoms with E-state index in [9.17, 15) is 0 Å². The van der Waals surface area contributed by atoms with Crippen molar-refractivity contribution in [2.75, 3.05) is 0 Å². The maximum absolute atomic E-state index is 3.67. The van der Waals surface area contributed by atoms with Gasteiger partial charge in [0.1, 0.15) is 0 Å². The molecule has 0 radical (unpaired) electrons. The van der Waals surface area contributed by atoms with Crippen LogP contribution in [0, 0.1) is 6.92 Å². The van der Waals surface area contributed by atoms with E-state index in [1.807, 2.05) is 0 Å². The van der Waals surface area contributed by atoms with Crippen LogP contribution in [-0.2, 0) is 0 Å². The zero-order valence-corrected chi connectivity index (χ0v) is 10.4. The molecule has 0 heterocycles. The van der Waals surface area contributed by atoms with Crippen molar-refractivity contribution in [3.05, 3.63) is 35.4 Å². The monoisotopic (exact) mass is 205 g/mol. The summed E-state index contributed by atoms with van der Waals surface area (Å²) in [5.74, 6) is 0. The molecule has 0 aliphatic rings. The van der Waals surface area contributed by atoms with Crippen LogP contribution in [0.1, 0.15) is 50.8 Å². The van der Waals surface area contributed by atoms with Crippen molar-refractivity contribution in [2.24, 2.45) is 0 Å². The average molecular weight is 205 g/mol. The molecule has 0 saturated heterocycles. The van der Waals surface area contributed by atoms with Crippen LogP contribution in [0.3, 0.4) is 0 Å². The quantitative estimate of drug-likeness (QED) is 0.770. The minimum Gasteiger partial charge on any atom is -0.307 e. The Hall–Kier alpha value is -0.820. The summed E-state index contributed by atoms with van der Waals surface area (Å²) in [5.41, 5.74) is 2.80. The maximum Gasteiger partial charge on any atom is 0.0296 e. The highest BCUT2D eigenvalue weighted by molar-refractivity contribution is 5.28. The Labute approximate surface area is 93.9 Å². The molecule has 0 bridgehead atoms. The molecule has 1 heteroatoms. The second kappa shape index (κ2) is 5.92. The van der Waals surface area contributed by atoms with Crippen molar-refractivity contribution in [2.45, 2.75) is 52.6 Å². The fourth-order valence-electron chi connectivity index (χ4n) is 2.04. The number of nitrogens with one attached hydrogen (secondary N) is 1. The first kappa shape index (κ1) is 12.3. The molecule has 1 atom stereocenters. The molecule has 0 saturated carbocycles. The Bertz CT molecular complexity index is 289. The predicted octanol–water partition coefficient (Wildman–Crippen LogP) is 3.83. The van der Waals surface area contributed by atoms with Crippen LogP contribution in [0.25, 0.3) is 0 Å². The van der Waals surface area contributed by atoms with Gasteiger partial charge in [0.05, 0.1) is 0 Å². The maximum atomic E-state index is 3.67. The van der Waals surface area contributed by atoms with Gasteiger partial charge in [0, 0.05) is 12.1 Å². The number of hydrogen-bond donors (Lipinski definition) is 1. The Kier molecular flexibility index (Phi) is 4.83. The molecule has 0 aliphatic heterocycles. The summed E-state index contributed by atoms with van der Waals surface area (Å²) in [6.07, 6.45) is 2.40. The van der Waals surface area contributed by atoms with Crippen molar-refractivity contribution in [3.63, 3.8) is 0 Å². The molecule has 1 nitrogen and oxygen atoms in total. The molecule has 1 N–H and O–H groups in total. The van der Waals surface area contributed by atoms with Gasteiger partial charge in [-0.15, -0.1) is 0 Å². The van der Waals surface area contributed by atoms with Crippen LogP contribution in [0.4, 0.5) is 0 Å². The highest BCUT2D eigenvalue weighted by Crippen LogP contribution is 2.18. The minimum absolute atomic E-state index is 0.455. The third-order valence-corrected chi connectivity index (χ3v) is 3.13. The highest BCUT2D eigenvalue weighted by atomic mass is 14.9. The summed E-state index contributed by atoms with van der Waals surface area (Å²) in [6.45, 7) is 8.92. The van der Waals surface area contributed by atoms with Crippen molar-refractivity contribution in [3.8, 4) is 0 Å². The lowest BCUT2D eigenvalue weighted by atomic mass is 10.0. The number of benzene rings is 1. The van der Waals surface area contributed by atoms with Crippen LogP contribution in [0.15, 0.2) is 24.3 Å². The summed E-state index contributed by atoms with van der Waals surface area (Å²) in [6, 6.07) is 9.71. The van der Waals surface area contributed by atoms with E-state index in [0.29, 0.717) is 12.1 Å². The van der Waals surface area contributed by atoms with Crippen molar-refractivity contribution in [1.82, 2.24) is 5.32 Å². The second-order valence-corrected chi connectivity index (χ2v) is 4.26. The lowest BCUT2D eigenvalue weighted by Gasteiger charge is -2.22. The zero-order valence-electron chi connectivity index (χ0n) is 10.4. The van der Waals surface area contributed by atoms with Gasteiger partial charge in [-0.05, 0) is 37.8 Å². The molecule has 0 aliphatic carbocycles. The molecule has 0 unspecified atom stereocenters. The van der Waals surface area contributed by atoms with Gasteiger partial charge in [-0.2, -0.15) is 0 Å². The number of rotatable bonds is 5. The van der Waals surface area contributed by atoms with E-state index < -0.39 is 0 Å². The Balaban J connectivity index is 2.68. The van der Waals surface area contributed by atoms with Crippen LogP contribution in [0.2, 0.25) is 0 Å². The SMILES string of the molecule is CCC(CC)N[C@H](C)c1ccccc1C. The van der Waals surface area contributed by atoms with E-state index in [-0.39, 0.29) is 0 Å². The molecule has 84 valence electrons. The third-order valence-electron chi connectivity index (χ3n) is 3.13. The third kappa shape index (κ3) is 3.35. The molecule has 0 amide bonds. The van der Waals surface area contributed by atoms with Gasteiger partial charge in [-0.1, -0.05) is 38.1 Å². The first-order valence-corrected chi connectivity index (χ1v) is 6.00. The fraction of sp³-hybridized carbons (Fsp3) is 0.571. The van der Waals surface area contributed by atoms with Gasteiger partial charge in [0.25, 0.3) is 0 Å². The largest absolute Gasteiger partial charge is 0.307 e. The van der Waals surface area contributed by atoms with Gasteiger partial charge in [-0.25, -0.2) is 0 Å². The summed E-state index contributed by atoms with van der Waals surface area (Å²) in [7, 11) is 0. The van der Waals surface area contributed by atoms with Gasteiger partial charge in [0.15, 0.2) is 0 Å². The smallest absolute Gasteiger partial charge is 0.0296 e. The van der Waals surface area contributed by atoms with Crippen LogP contribution in [-0.4, -0.2) is 6.04 Å². The van der Waals surface area contributed by atoms with Crippen molar-refractivity contribution < 1.29 is 0 Å². The molecule has 15 heavy (non-hydrogen) atoms. The molecule has 0 fully saturated rings. The normalized spacial score (nSPS) is 13.1. The lowest BCUT2D eigenvalue weighted by molar-refractivity contribution is 0.431. The molecule has 1 rings (SSSR count). The standard InChI is InChI=1S/C14H23N/c1-5-13(6-2)15-12(4)14-10-8-7-9-11(14)3/h7-10,12-13,15H,5-6H2,1-4H3/t12-/m1/s1. The summed E-state index contributed by atoms with van der Waals surface area (Å²) in [5, 5.41) is 3.67. The Morgan fingerprint density at radius 3 is 2.27 bits per heavy atom. The van der Waals surface area contributed by atoms with E-state index in [2.05, 4.69) is 57.3 Å². The number of aryl methyl sites for hydroxylation is 1. The van der Waals surface area contributed by atoms with Crippen molar-refractivity contribution >= 4 is 0 Å². The Morgan fingerprint density at radius 1 is 1.13 bits per heavy atom. The molecular formula is C14H23N. The van der Waals surface area contributed by atoms with E-state index in [0.717, 1.165) is 0 Å². The minimum atomic E-state index is 0.455. The van der Waals surface area contributed by atoms with E-state index in [1.165, 1.54) is 24.0 Å². The number of hydrogen-bond acceptors (Lipinski definition) is 1. The predicted molar refractivity (Wildman–Crippen MR) is 67.1 cm³/mol. The highest BCUT2D eigenvalue weighted by Gasteiger charge is 2.11. The summed E-state index contributed by atoms with van der Waals surface area (Å²) < 4.78 is 0. The van der Waals surface area contributed by atoms with E-state index in [1.54, 1.807) is 0 Å². The summed E-state index contributed by atoms with van der Waals surface area (Å²) in [4.78, 5) is 0. The first-order valence-electron chi connectivity index (χ1n) is 6.00. The molecule has 0 aromatic heterocycles. The van der Waals surface area contributed by atoms with Crippen LogP contribution in [0.5, 0.6) is 0 Å². The molecule has 1 aromatic carbocycles. The fourth-order valence-corrected chi connectivity index (χ4v) is 2.04. The lowest BCUT2D eigenvalue weighted by Crippen LogP contribution is -2.30. The first-order chi connectivity index (χ1) is 7.19. The van der Waals surface area contributed by atoms with Crippen molar-refractivity contribution in [1.29, 1.82) is 0 Å². The zero-order chi connectivity index (χ0) is 11.3. The molecule has 1 aromatic rings. The Morgan fingerprint density at radius 2 is 1.73 bits per heavy atom. The molecule has 0 spiro atoms. The second-order valence-electron chi connectivity index (χ2n) is 4.26. The van der Waals surface area contributed by atoms with E-state index in [4.69, 9.17) is 0 Å². The van der Waals surface area contributed by atoms with Crippen LogP contribution < -0.4 is 5.32 Å². The van der Waals surface area contributed by atoms with Gasteiger partial charge < -0.3 is 5.32 Å². The molecular weight excluding hydrogens is 182 g/mol. The van der Waals surface area contributed by atoms with Gasteiger partial charge in [-0.3, -0.25) is 0 Å².